The molecule has 0 fully saturated rings. The third kappa shape index (κ3) is 3.82. The first-order valence-corrected chi connectivity index (χ1v) is 12.4. The molecule has 0 aliphatic rings. The summed E-state index contributed by atoms with van der Waals surface area (Å²) in [4.78, 5) is 0.201. The molecule has 3 nitrogen and oxygen atoms in total. The monoisotopic (exact) mass is 417 g/mol. The molecular weight excluding hydrogens is 397 g/mol. The minimum atomic E-state index is -3.89. The van der Waals surface area contributed by atoms with Crippen LogP contribution < -0.4 is 15.9 Å². The second-order valence-corrected chi connectivity index (χ2v) is 11.4. The number of nitrogens with zero attached hydrogens (tertiary/aromatic N) is 1. The molecule has 0 saturated carbocycles. The van der Waals surface area contributed by atoms with E-state index in [1.807, 2.05) is 91.0 Å². The van der Waals surface area contributed by atoms with Crippen molar-refractivity contribution in [3.8, 4) is 0 Å². The first kappa shape index (κ1) is 19.4. The highest BCUT2D eigenvalue weighted by Crippen LogP contribution is 2.48. The first-order chi connectivity index (χ1) is 14.1. The van der Waals surface area contributed by atoms with Gasteiger partial charge in [0.2, 0.25) is 0 Å². The Hall–Kier alpha value is -2.94. The van der Waals surface area contributed by atoms with Gasteiger partial charge in [0.25, 0.3) is 10.0 Å². The summed E-state index contributed by atoms with van der Waals surface area (Å²) >= 11 is 0. The van der Waals surface area contributed by atoms with Crippen LogP contribution in [0.25, 0.3) is 0 Å². The zero-order valence-electron chi connectivity index (χ0n) is 15.7. The lowest BCUT2D eigenvalue weighted by atomic mass is 10.4. The summed E-state index contributed by atoms with van der Waals surface area (Å²) in [7, 11) is -6.69. The Bertz CT molecular complexity index is 1140. The standard InChI is InChI=1S/C24H20NO2PS/c26-29(27,24-19-11-4-12-20-24)25-28(21-13-5-1-6-14-21,22-15-7-2-8-16-22)23-17-9-3-10-18-23/h1-20H. The Morgan fingerprint density at radius 1 is 0.483 bits per heavy atom. The molecule has 0 N–H and O–H groups in total. The average Bonchev–Trinajstić information content (AvgIpc) is 2.80. The minimum Gasteiger partial charge on any atom is -0.199 e. The molecule has 0 aliphatic heterocycles. The first-order valence-electron chi connectivity index (χ1n) is 9.23. The van der Waals surface area contributed by atoms with Gasteiger partial charge in [0.05, 0.1) is 11.9 Å². The summed E-state index contributed by atoms with van der Waals surface area (Å²) in [6.07, 6.45) is 0. The highest BCUT2D eigenvalue weighted by atomic mass is 32.2. The van der Waals surface area contributed by atoms with Gasteiger partial charge < -0.3 is 0 Å². The van der Waals surface area contributed by atoms with E-state index in [0.29, 0.717) is 0 Å². The number of benzene rings is 4. The van der Waals surface area contributed by atoms with Crippen LogP contribution in [0.2, 0.25) is 0 Å². The van der Waals surface area contributed by atoms with Crippen molar-refractivity contribution in [2.24, 2.45) is 4.15 Å². The SMILES string of the molecule is O=S(=O)(N=P(c1ccccc1)(c1ccccc1)c1ccccc1)c1ccccc1. The fraction of sp³-hybridized carbons (Fsp3) is 0. The van der Waals surface area contributed by atoms with Crippen LogP contribution in [-0.2, 0) is 10.0 Å². The van der Waals surface area contributed by atoms with Crippen LogP contribution >= 0.6 is 7.05 Å². The number of hydrogen-bond acceptors (Lipinski definition) is 2. The molecule has 4 aromatic carbocycles. The second-order valence-electron chi connectivity index (χ2n) is 6.51. The topological polar surface area (TPSA) is 46.5 Å². The molecule has 4 rings (SSSR count). The van der Waals surface area contributed by atoms with Crippen molar-refractivity contribution in [2.75, 3.05) is 0 Å². The Morgan fingerprint density at radius 2 is 0.793 bits per heavy atom. The summed E-state index contributed by atoms with van der Waals surface area (Å²) in [5.41, 5.74) is 0. The summed E-state index contributed by atoms with van der Waals surface area (Å²) in [5.74, 6) is 0. The van der Waals surface area contributed by atoms with Crippen molar-refractivity contribution < 1.29 is 8.42 Å². The summed E-state index contributed by atoms with van der Waals surface area (Å²) in [6, 6.07) is 37.6. The van der Waals surface area contributed by atoms with Gasteiger partial charge in [-0.05, 0) is 12.1 Å². The number of hydrogen-bond donors (Lipinski definition) is 0. The van der Waals surface area contributed by atoms with E-state index in [1.54, 1.807) is 30.3 Å². The van der Waals surface area contributed by atoms with Gasteiger partial charge in [-0.3, -0.25) is 0 Å². The van der Waals surface area contributed by atoms with Gasteiger partial charge >= 0.3 is 0 Å². The van der Waals surface area contributed by atoms with Crippen molar-refractivity contribution in [1.82, 2.24) is 0 Å². The molecule has 4 aromatic rings. The zero-order valence-corrected chi connectivity index (χ0v) is 17.4. The highest BCUT2D eigenvalue weighted by Gasteiger charge is 2.30. The molecule has 29 heavy (non-hydrogen) atoms. The molecule has 0 bridgehead atoms. The fourth-order valence-electron chi connectivity index (χ4n) is 3.32. The van der Waals surface area contributed by atoms with Gasteiger partial charge in [-0.1, -0.05) is 109 Å². The van der Waals surface area contributed by atoms with Crippen LogP contribution in [0.5, 0.6) is 0 Å². The highest BCUT2D eigenvalue weighted by molar-refractivity contribution is 7.99. The second kappa shape index (κ2) is 8.20. The van der Waals surface area contributed by atoms with E-state index in [1.165, 1.54) is 0 Å². The largest absolute Gasteiger partial charge is 0.281 e. The third-order valence-corrected chi connectivity index (χ3v) is 10.5. The molecule has 0 aliphatic carbocycles. The molecule has 0 unspecified atom stereocenters. The minimum absolute atomic E-state index is 0.201. The van der Waals surface area contributed by atoms with Gasteiger partial charge in [0, 0.05) is 15.9 Å². The van der Waals surface area contributed by atoms with Crippen LogP contribution in [0.3, 0.4) is 0 Å². The van der Waals surface area contributed by atoms with Crippen molar-refractivity contribution >= 4 is 33.0 Å². The van der Waals surface area contributed by atoms with Crippen LogP contribution in [0, 0.1) is 0 Å². The maximum absolute atomic E-state index is 13.4. The van der Waals surface area contributed by atoms with Crippen molar-refractivity contribution in [3.63, 3.8) is 0 Å². The molecular formula is C24H20NO2PS. The van der Waals surface area contributed by atoms with E-state index in [4.69, 9.17) is 4.15 Å². The Balaban J connectivity index is 2.15. The molecule has 0 heterocycles. The molecule has 0 radical (unpaired) electrons. The normalized spacial score (nSPS) is 11.7. The summed E-state index contributed by atoms with van der Waals surface area (Å²) in [5, 5.41) is 2.70. The smallest absolute Gasteiger partial charge is 0.199 e. The van der Waals surface area contributed by atoms with Gasteiger partial charge in [0.15, 0.2) is 0 Å². The lowest BCUT2D eigenvalue weighted by Gasteiger charge is -2.26. The van der Waals surface area contributed by atoms with Gasteiger partial charge in [0.1, 0.15) is 0 Å². The van der Waals surface area contributed by atoms with E-state index in [9.17, 15) is 8.42 Å². The maximum atomic E-state index is 13.4. The predicted octanol–water partition coefficient (Wildman–Crippen LogP) is 4.55. The van der Waals surface area contributed by atoms with Crippen molar-refractivity contribution in [3.05, 3.63) is 121 Å². The van der Waals surface area contributed by atoms with Crippen LogP contribution in [0.15, 0.2) is 130 Å². The molecule has 0 saturated heterocycles. The lowest BCUT2D eigenvalue weighted by molar-refractivity contribution is 0.598. The van der Waals surface area contributed by atoms with Crippen LogP contribution in [0.4, 0.5) is 0 Å². The molecule has 144 valence electrons. The van der Waals surface area contributed by atoms with Gasteiger partial charge in [-0.2, -0.15) is 12.6 Å². The van der Waals surface area contributed by atoms with Crippen LogP contribution in [0.1, 0.15) is 0 Å². The molecule has 0 spiro atoms. The van der Waals surface area contributed by atoms with Crippen LogP contribution in [-0.4, -0.2) is 8.42 Å². The quantitative estimate of drug-likeness (QED) is 0.447. The summed E-state index contributed by atoms with van der Waals surface area (Å²) < 4.78 is 31.6. The Kier molecular flexibility index (Phi) is 5.48. The predicted molar refractivity (Wildman–Crippen MR) is 121 cm³/mol. The number of sulfonamides is 1. The molecule has 5 heteroatoms. The van der Waals surface area contributed by atoms with E-state index >= 15 is 0 Å². The Morgan fingerprint density at radius 3 is 1.14 bits per heavy atom. The third-order valence-electron chi connectivity index (χ3n) is 4.66. The fourth-order valence-corrected chi connectivity index (χ4v) is 9.33. The molecule has 0 aromatic heterocycles. The summed E-state index contributed by atoms with van der Waals surface area (Å²) in [6.45, 7) is 0. The van der Waals surface area contributed by atoms with Crippen molar-refractivity contribution in [2.45, 2.75) is 4.90 Å². The van der Waals surface area contributed by atoms with E-state index in [2.05, 4.69) is 0 Å². The maximum Gasteiger partial charge on any atom is 0.281 e. The van der Waals surface area contributed by atoms with Crippen molar-refractivity contribution in [1.29, 1.82) is 0 Å². The van der Waals surface area contributed by atoms with Gasteiger partial charge in [-0.25, -0.2) is 0 Å². The van der Waals surface area contributed by atoms with E-state index in [-0.39, 0.29) is 4.90 Å². The lowest BCUT2D eigenvalue weighted by Crippen LogP contribution is -2.26. The molecule has 0 atom stereocenters. The van der Waals surface area contributed by atoms with Gasteiger partial charge in [-0.15, -0.1) is 0 Å². The zero-order chi connectivity index (χ0) is 20.2. The average molecular weight is 417 g/mol. The number of rotatable bonds is 5. The van der Waals surface area contributed by atoms with E-state index in [0.717, 1.165) is 15.9 Å². The van der Waals surface area contributed by atoms with E-state index < -0.39 is 17.1 Å². The molecule has 0 amide bonds. The Labute approximate surface area is 171 Å².